The first-order chi connectivity index (χ1) is 9.45. The Labute approximate surface area is 122 Å². The molecule has 1 heterocycles. The average molecular weight is 279 g/mol. The third-order valence-electron chi connectivity index (χ3n) is 6.82. The Hall–Kier alpha value is -0.570. The summed E-state index contributed by atoms with van der Waals surface area (Å²) in [5, 5.41) is 3.36. The van der Waals surface area contributed by atoms with Gasteiger partial charge in [-0.1, -0.05) is 33.6 Å². The second-order valence-electron chi connectivity index (χ2n) is 7.89. The summed E-state index contributed by atoms with van der Waals surface area (Å²) in [6, 6.07) is -0.0664. The molecule has 3 nitrogen and oxygen atoms in total. The van der Waals surface area contributed by atoms with E-state index in [0.717, 1.165) is 31.7 Å². The van der Waals surface area contributed by atoms with Crippen LogP contribution in [-0.2, 0) is 9.53 Å². The van der Waals surface area contributed by atoms with E-state index >= 15 is 0 Å². The molecular weight excluding hydrogens is 250 g/mol. The minimum Gasteiger partial charge on any atom is -0.461 e. The van der Waals surface area contributed by atoms with Gasteiger partial charge in [0.1, 0.15) is 12.1 Å². The standard InChI is InChI=1S/C17H29NO2/c1-16(2)12-8-9-17(16,3)14(11-12)20-15(19)13-7-5-4-6-10-18-13/h12-14,18H,4-11H2,1-3H3. The van der Waals surface area contributed by atoms with Gasteiger partial charge in [0.15, 0.2) is 0 Å². The molecule has 0 aromatic heterocycles. The molecule has 1 saturated heterocycles. The smallest absolute Gasteiger partial charge is 0.323 e. The summed E-state index contributed by atoms with van der Waals surface area (Å²) >= 11 is 0. The Kier molecular flexibility index (Phi) is 3.60. The molecule has 114 valence electrons. The van der Waals surface area contributed by atoms with Crippen molar-refractivity contribution in [1.82, 2.24) is 5.32 Å². The van der Waals surface area contributed by atoms with Gasteiger partial charge in [-0.2, -0.15) is 0 Å². The predicted octanol–water partition coefficient (Wildman–Crippen LogP) is 3.28. The summed E-state index contributed by atoms with van der Waals surface area (Å²) in [5.74, 6) is 0.730. The van der Waals surface area contributed by atoms with Gasteiger partial charge >= 0.3 is 5.97 Å². The van der Waals surface area contributed by atoms with Gasteiger partial charge in [0.05, 0.1) is 0 Å². The molecule has 0 amide bonds. The molecule has 1 aliphatic heterocycles. The number of esters is 1. The maximum atomic E-state index is 12.5. The third kappa shape index (κ3) is 2.09. The van der Waals surface area contributed by atoms with Gasteiger partial charge in [-0.05, 0) is 50.0 Å². The minimum absolute atomic E-state index is 0.00137. The third-order valence-corrected chi connectivity index (χ3v) is 6.82. The summed E-state index contributed by atoms with van der Waals surface area (Å²) in [5.41, 5.74) is 0.493. The highest BCUT2D eigenvalue weighted by atomic mass is 16.5. The van der Waals surface area contributed by atoms with E-state index in [1.807, 2.05) is 0 Å². The summed E-state index contributed by atoms with van der Waals surface area (Å²) in [6.07, 6.45) is 8.21. The van der Waals surface area contributed by atoms with Gasteiger partial charge in [-0.25, -0.2) is 0 Å². The van der Waals surface area contributed by atoms with Gasteiger partial charge in [0.2, 0.25) is 0 Å². The van der Waals surface area contributed by atoms with Crippen molar-refractivity contribution >= 4 is 5.97 Å². The number of ether oxygens (including phenoxy) is 1. The lowest BCUT2D eigenvalue weighted by Crippen LogP contribution is -2.43. The molecule has 4 atom stereocenters. The van der Waals surface area contributed by atoms with Crippen LogP contribution in [0.25, 0.3) is 0 Å². The Morgan fingerprint density at radius 1 is 1.15 bits per heavy atom. The van der Waals surface area contributed by atoms with Gasteiger partial charge < -0.3 is 10.1 Å². The monoisotopic (exact) mass is 279 g/mol. The molecule has 3 heteroatoms. The zero-order valence-electron chi connectivity index (χ0n) is 13.2. The van der Waals surface area contributed by atoms with Gasteiger partial charge in [0, 0.05) is 5.41 Å². The number of carbonyl (C=O) groups is 1. The number of hydrogen-bond acceptors (Lipinski definition) is 3. The zero-order chi connectivity index (χ0) is 14.4. The first-order valence-corrected chi connectivity index (χ1v) is 8.39. The van der Waals surface area contributed by atoms with E-state index in [1.54, 1.807) is 0 Å². The Balaban J connectivity index is 1.65. The highest BCUT2D eigenvalue weighted by Gasteiger charge is 2.63. The minimum atomic E-state index is -0.0664. The molecule has 1 N–H and O–H groups in total. The summed E-state index contributed by atoms with van der Waals surface area (Å²) < 4.78 is 5.98. The van der Waals surface area contributed by atoms with Crippen molar-refractivity contribution in [1.29, 1.82) is 0 Å². The molecule has 0 aromatic carbocycles. The van der Waals surface area contributed by atoms with Crippen LogP contribution in [0.2, 0.25) is 0 Å². The van der Waals surface area contributed by atoms with Crippen molar-refractivity contribution in [3.63, 3.8) is 0 Å². The van der Waals surface area contributed by atoms with Gasteiger partial charge in [-0.15, -0.1) is 0 Å². The number of fused-ring (bicyclic) bond motifs is 2. The van der Waals surface area contributed by atoms with Crippen LogP contribution in [0.5, 0.6) is 0 Å². The Morgan fingerprint density at radius 2 is 1.95 bits per heavy atom. The van der Waals surface area contributed by atoms with Crippen molar-refractivity contribution in [2.45, 2.75) is 77.9 Å². The summed E-state index contributed by atoms with van der Waals surface area (Å²) in [4.78, 5) is 12.5. The van der Waals surface area contributed by atoms with E-state index in [9.17, 15) is 4.79 Å². The first kappa shape index (κ1) is 14.4. The van der Waals surface area contributed by atoms with E-state index in [4.69, 9.17) is 4.74 Å². The SMILES string of the molecule is CC1(C)C2CCC1(C)C(OC(=O)C1CCCCCN1)C2. The molecule has 20 heavy (non-hydrogen) atoms. The van der Waals surface area contributed by atoms with E-state index in [1.165, 1.54) is 25.7 Å². The van der Waals surface area contributed by atoms with Crippen molar-refractivity contribution in [2.24, 2.45) is 16.7 Å². The molecule has 0 radical (unpaired) electrons. The highest BCUT2D eigenvalue weighted by Crippen LogP contribution is 2.66. The zero-order valence-corrected chi connectivity index (χ0v) is 13.2. The molecular formula is C17H29NO2. The topological polar surface area (TPSA) is 38.3 Å². The fourth-order valence-corrected chi connectivity index (χ4v) is 4.76. The van der Waals surface area contributed by atoms with E-state index in [-0.39, 0.29) is 23.5 Å². The average Bonchev–Trinajstić information content (AvgIpc) is 2.68. The molecule has 3 fully saturated rings. The second kappa shape index (κ2) is 5.01. The fraction of sp³-hybridized carbons (Fsp3) is 0.941. The first-order valence-electron chi connectivity index (χ1n) is 8.39. The highest BCUT2D eigenvalue weighted by molar-refractivity contribution is 5.76. The molecule has 3 rings (SSSR count). The van der Waals surface area contributed by atoms with Crippen LogP contribution in [0.4, 0.5) is 0 Å². The van der Waals surface area contributed by atoms with Crippen LogP contribution in [0.1, 0.15) is 65.7 Å². The molecule has 3 aliphatic rings. The molecule has 2 saturated carbocycles. The number of nitrogens with one attached hydrogen (secondary N) is 1. The number of rotatable bonds is 2. The predicted molar refractivity (Wildman–Crippen MR) is 79.4 cm³/mol. The lowest BCUT2D eigenvalue weighted by atomic mass is 9.70. The fourth-order valence-electron chi connectivity index (χ4n) is 4.76. The van der Waals surface area contributed by atoms with Gasteiger partial charge in [-0.3, -0.25) is 4.79 Å². The molecule has 2 aliphatic carbocycles. The summed E-state index contributed by atoms with van der Waals surface area (Å²) in [6.45, 7) is 8.01. The quantitative estimate of drug-likeness (QED) is 0.788. The van der Waals surface area contributed by atoms with E-state index < -0.39 is 0 Å². The van der Waals surface area contributed by atoms with Crippen LogP contribution >= 0.6 is 0 Å². The van der Waals surface area contributed by atoms with Crippen molar-refractivity contribution in [3.05, 3.63) is 0 Å². The van der Waals surface area contributed by atoms with E-state index in [0.29, 0.717) is 5.41 Å². The normalized spacial score (nSPS) is 43.2. The maximum Gasteiger partial charge on any atom is 0.323 e. The van der Waals surface area contributed by atoms with Crippen LogP contribution in [0, 0.1) is 16.7 Å². The lowest BCUT2D eigenvalue weighted by Gasteiger charge is -2.38. The van der Waals surface area contributed by atoms with Crippen LogP contribution < -0.4 is 5.32 Å². The van der Waals surface area contributed by atoms with Crippen molar-refractivity contribution < 1.29 is 9.53 Å². The van der Waals surface area contributed by atoms with Crippen LogP contribution in [0.3, 0.4) is 0 Å². The van der Waals surface area contributed by atoms with E-state index in [2.05, 4.69) is 26.1 Å². The van der Waals surface area contributed by atoms with Crippen molar-refractivity contribution in [3.8, 4) is 0 Å². The Bertz CT molecular complexity index is 384. The number of carbonyl (C=O) groups excluding carboxylic acids is 1. The largest absolute Gasteiger partial charge is 0.461 e. The molecule has 0 aromatic rings. The number of hydrogen-bond donors (Lipinski definition) is 1. The van der Waals surface area contributed by atoms with Crippen molar-refractivity contribution in [2.75, 3.05) is 6.54 Å². The molecule has 2 bridgehead atoms. The molecule has 4 unspecified atom stereocenters. The van der Waals surface area contributed by atoms with Crippen LogP contribution in [-0.4, -0.2) is 24.7 Å². The second-order valence-corrected chi connectivity index (χ2v) is 7.89. The lowest BCUT2D eigenvalue weighted by molar-refractivity contribution is -0.159. The molecule has 0 spiro atoms. The maximum absolute atomic E-state index is 12.5. The van der Waals surface area contributed by atoms with Gasteiger partial charge in [0.25, 0.3) is 0 Å². The van der Waals surface area contributed by atoms with Crippen LogP contribution in [0.15, 0.2) is 0 Å². The summed E-state index contributed by atoms with van der Waals surface area (Å²) in [7, 11) is 0. The Morgan fingerprint density at radius 3 is 2.60 bits per heavy atom.